The summed E-state index contributed by atoms with van der Waals surface area (Å²) in [5.41, 5.74) is 15.8. The molecule has 0 unspecified atom stereocenters. The molecule has 8 aromatic carbocycles. The lowest BCUT2D eigenvalue weighted by Crippen LogP contribution is -2.11. The molecule has 1 aliphatic rings. The largest absolute Gasteiger partial charge is 0.310 e. The molecule has 0 aromatic heterocycles. The Morgan fingerprint density at radius 1 is 0.277 bits per heavy atom. The first-order chi connectivity index (χ1) is 23.3. The van der Waals surface area contributed by atoms with Crippen LogP contribution < -0.4 is 4.90 Å². The highest BCUT2D eigenvalue weighted by Gasteiger charge is 2.23. The zero-order chi connectivity index (χ0) is 31.2. The summed E-state index contributed by atoms with van der Waals surface area (Å²) >= 11 is 0. The molecular formula is C46H31N. The van der Waals surface area contributed by atoms with Crippen LogP contribution >= 0.6 is 0 Å². The monoisotopic (exact) mass is 597 g/mol. The molecule has 9 rings (SSSR count). The second kappa shape index (κ2) is 11.3. The van der Waals surface area contributed by atoms with Crippen molar-refractivity contribution in [1.82, 2.24) is 0 Å². The Labute approximate surface area is 275 Å². The molecule has 8 aromatic rings. The number of benzene rings is 8. The molecule has 1 heteroatoms. The quantitative estimate of drug-likeness (QED) is 0.195. The lowest BCUT2D eigenvalue weighted by atomic mass is 9.81. The minimum atomic E-state index is 1.12. The zero-order valence-corrected chi connectivity index (χ0v) is 25.8. The second-order valence-corrected chi connectivity index (χ2v) is 12.1. The molecule has 0 spiro atoms. The highest BCUT2D eigenvalue weighted by Crippen LogP contribution is 2.49. The summed E-state index contributed by atoms with van der Waals surface area (Å²) in [6, 6.07) is 68.4. The van der Waals surface area contributed by atoms with Crippen molar-refractivity contribution >= 4 is 27.8 Å². The van der Waals surface area contributed by atoms with Crippen molar-refractivity contribution in [2.24, 2.45) is 0 Å². The van der Waals surface area contributed by atoms with E-state index in [1.165, 1.54) is 66.4 Å². The number of hydrogen-bond donors (Lipinski definition) is 0. The van der Waals surface area contributed by atoms with Crippen LogP contribution in [0.5, 0.6) is 0 Å². The third-order valence-corrected chi connectivity index (χ3v) is 9.44. The number of rotatable bonds is 4. The van der Waals surface area contributed by atoms with Crippen molar-refractivity contribution in [3.8, 4) is 55.6 Å². The van der Waals surface area contributed by atoms with Gasteiger partial charge in [0.2, 0.25) is 0 Å². The molecule has 47 heavy (non-hydrogen) atoms. The van der Waals surface area contributed by atoms with E-state index in [1.54, 1.807) is 0 Å². The van der Waals surface area contributed by atoms with E-state index in [-0.39, 0.29) is 0 Å². The van der Waals surface area contributed by atoms with Gasteiger partial charge in [-0.05, 0) is 91.4 Å². The van der Waals surface area contributed by atoms with E-state index < -0.39 is 0 Å². The summed E-state index contributed by atoms with van der Waals surface area (Å²) in [6.45, 7) is 0. The van der Waals surface area contributed by atoms with Crippen LogP contribution in [-0.4, -0.2) is 0 Å². The van der Waals surface area contributed by atoms with Crippen LogP contribution in [0.2, 0.25) is 0 Å². The van der Waals surface area contributed by atoms with Crippen LogP contribution in [0.15, 0.2) is 188 Å². The summed E-state index contributed by atoms with van der Waals surface area (Å²) in [5.74, 6) is 0. The SMILES string of the molecule is c1ccc(-c2ccc(N(c3ccc4c(c3)-c3ccccc3-c3ccccc3-c3ccccc3-4)c3cccc4ccccc34)cc2)cc1. The number of anilines is 3. The smallest absolute Gasteiger partial charge is 0.0540 e. The van der Waals surface area contributed by atoms with Crippen molar-refractivity contribution in [2.45, 2.75) is 0 Å². The van der Waals surface area contributed by atoms with Gasteiger partial charge in [0.05, 0.1) is 5.69 Å². The van der Waals surface area contributed by atoms with E-state index in [0.717, 1.165) is 17.1 Å². The fourth-order valence-electron chi connectivity index (χ4n) is 7.25. The Morgan fingerprint density at radius 3 is 1.34 bits per heavy atom. The maximum Gasteiger partial charge on any atom is 0.0540 e. The Balaban J connectivity index is 1.30. The summed E-state index contributed by atoms with van der Waals surface area (Å²) < 4.78 is 0. The van der Waals surface area contributed by atoms with Gasteiger partial charge in [-0.3, -0.25) is 0 Å². The normalized spacial score (nSPS) is 11.4. The third kappa shape index (κ3) is 4.64. The number of hydrogen-bond acceptors (Lipinski definition) is 1. The van der Waals surface area contributed by atoms with Crippen LogP contribution in [0.3, 0.4) is 0 Å². The van der Waals surface area contributed by atoms with Crippen LogP contribution in [0, 0.1) is 0 Å². The number of nitrogens with zero attached hydrogens (tertiary/aromatic N) is 1. The van der Waals surface area contributed by atoms with Crippen LogP contribution in [-0.2, 0) is 0 Å². The summed E-state index contributed by atoms with van der Waals surface area (Å²) in [4.78, 5) is 2.42. The zero-order valence-electron chi connectivity index (χ0n) is 25.8. The van der Waals surface area contributed by atoms with E-state index in [0.29, 0.717) is 0 Å². The molecule has 0 atom stereocenters. The maximum atomic E-state index is 2.42. The van der Waals surface area contributed by atoms with Crippen LogP contribution in [0.25, 0.3) is 66.4 Å². The molecule has 0 amide bonds. The van der Waals surface area contributed by atoms with E-state index in [9.17, 15) is 0 Å². The first-order valence-electron chi connectivity index (χ1n) is 16.2. The van der Waals surface area contributed by atoms with Crippen molar-refractivity contribution < 1.29 is 0 Å². The third-order valence-electron chi connectivity index (χ3n) is 9.44. The predicted molar refractivity (Wildman–Crippen MR) is 199 cm³/mol. The first-order valence-corrected chi connectivity index (χ1v) is 16.2. The van der Waals surface area contributed by atoms with Gasteiger partial charge in [-0.15, -0.1) is 0 Å². The summed E-state index contributed by atoms with van der Waals surface area (Å²) in [6.07, 6.45) is 0. The minimum absolute atomic E-state index is 1.12. The molecule has 0 fully saturated rings. The second-order valence-electron chi connectivity index (χ2n) is 12.1. The first kappa shape index (κ1) is 27.2. The van der Waals surface area contributed by atoms with Gasteiger partial charge in [-0.1, -0.05) is 158 Å². The average molecular weight is 598 g/mol. The minimum Gasteiger partial charge on any atom is -0.310 e. The van der Waals surface area contributed by atoms with Gasteiger partial charge in [0.25, 0.3) is 0 Å². The van der Waals surface area contributed by atoms with E-state index >= 15 is 0 Å². The standard InChI is InChI=1S/C46H31N/c1-2-13-32(14-3-1)33-25-27-35(28-26-33)47(46-24-12-16-34-15-4-5-17-37(34)46)36-29-30-44-42-22-9-8-20-40(42)38-18-6-7-19-39(38)41-21-10-11-23-43(41)45(44)31-36/h1-31H. The predicted octanol–water partition coefficient (Wildman–Crippen LogP) is 13.0. The van der Waals surface area contributed by atoms with Crippen molar-refractivity contribution in [1.29, 1.82) is 0 Å². The summed E-state index contributed by atoms with van der Waals surface area (Å²) in [7, 11) is 0. The van der Waals surface area contributed by atoms with Crippen LogP contribution in [0.4, 0.5) is 17.1 Å². The van der Waals surface area contributed by atoms with Gasteiger partial charge in [-0.2, -0.15) is 0 Å². The lowest BCUT2D eigenvalue weighted by molar-refractivity contribution is 1.30. The molecule has 0 N–H and O–H groups in total. The maximum absolute atomic E-state index is 2.42. The Bertz CT molecular complexity index is 2390. The van der Waals surface area contributed by atoms with Gasteiger partial charge in [0, 0.05) is 16.8 Å². The molecular weight excluding hydrogens is 567 g/mol. The van der Waals surface area contributed by atoms with Crippen molar-refractivity contribution in [3.05, 3.63) is 188 Å². The van der Waals surface area contributed by atoms with Crippen molar-refractivity contribution in [2.75, 3.05) is 4.90 Å². The number of fused-ring (bicyclic) bond motifs is 9. The molecule has 0 radical (unpaired) electrons. The Hall–Kier alpha value is -6.18. The lowest BCUT2D eigenvalue weighted by Gasteiger charge is -2.29. The van der Waals surface area contributed by atoms with Gasteiger partial charge >= 0.3 is 0 Å². The van der Waals surface area contributed by atoms with Crippen molar-refractivity contribution in [3.63, 3.8) is 0 Å². The highest BCUT2D eigenvalue weighted by atomic mass is 15.1. The van der Waals surface area contributed by atoms with E-state index in [1.807, 2.05) is 0 Å². The fourth-order valence-corrected chi connectivity index (χ4v) is 7.25. The molecule has 0 heterocycles. The van der Waals surface area contributed by atoms with Gasteiger partial charge < -0.3 is 4.90 Å². The molecule has 0 aliphatic heterocycles. The molecule has 1 nitrogen and oxygen atoms in total. The van der Waals surface area contributed by atoms with Gasteiger partial charge in [0.15, 0.2) is 0 Å². The van der Waals surface area contributed by atoms with Gasteiger partial charge in [-0.25, -0.2) is 0 Å². The van der Waals surface area contributed by atoms with E-state index in [4.69, 9.17) is 0 Å². The van der Waals surface area contributed by atoms with Gasteiger partial charge in [0.1, 0.15) is 0 Å². The molecule has 0 saturated heterocycles. The molecule has 0 saturated carbocycles. The highest BCUT2D eigenvalue weighted by molar-refractivity contribution is 6.05. The fraction of sp³-hybridized carbons (Fsp3) is 0. The van der Waals surface area contributed by atoms with Crippen LogP contribution in [0.1, 0.15) is 0 Å². The molecule has 220 valence electrons. The Kier molecular flexibility index (Phi) is 6.54. The molecule has 0 bridgehead atoms. The average Bonchev–Trinajstić information content (AvgIpc) is 3.15. The Morgan fingerprint density at radius 2 is 0.723 bits per heavy atom. The summed E-state index contributed by atoms with van der Waals surface area (Å²) in [5, 5.41) is 2.44. The molecule has 1 aliphatic carbocycles. The van der Waals surface area contributed by atoms with E-state index in [2.05, 4.69) is 193 Å². The topological polar surface area (TPSA) is 3.24 Å².